The lowest BCUT2D eigenvalue weighted by Gasteiger charge is -2.45. The van der Waals surface area contributed by atoms with E-state index >= 15 is 0 Å². The number of rotatable bonds is 13. The molecule has 2 heterocycles. The molecule has 2 aliphatic heterocycles. The maximum absolute atomic E-state index is 12.9. The van der Waals surface area contributed by atoms with E-state index in [1.807, 2.05) is 0 Å². The average Bonchev–Trinajstić information content (AvgIpc) is 3.02. The Morgan fingerprint density at radius 3 is 1.82 bits per heavy atom. The lowest BCUT2D eigenvalue weighted by atomic mass is 9.81. The first-order valence-corrected chi connectivity index (χ1v) is 13.9. The Hall–Kier alpha value is -2.52. The molecule has 17 nitrogen and oxygen atoms in total. The molecule has 0 aromatic heterocycles. The van der Waals surface area contributed by atoms with Crippen molar-refractivity contribution >= 4 is 11.9 Å². The Kier molecular flexibility index (Phi) is 12.4. The summed E-state index contributed by atoms with van der Waals surface area (Å²) >= 11 is 0. The van der Waals surface area contributed by atoms with Gasteiger partial charge in [-0.25, -0.2) is 9.59 Å². The van der Waals surface area contributed by atoms with E-state index in [-0.39, 0.29) is 12.2 Å². The minimum Gasteiger partial charge on any atom is -0.479 e. The van der Waals surface area contributed by atoms with Gasteiger partial charge >= 0.3 is 11.9 Å². The molecule has 10 N–H and O–H groups in total. The van der Waals surface area contributed by atoms with Crippen LogP contribution in [0.1, 0.15) is 25.8 Å². The molecule has 1 aromatic carbocycles. The number of aliphatic hydroxyl groups excluding tert-OH is 9. The van der Waals surface area contributed by atoms with Crippen molar-refractivity contribution in [2.24, 2.45) is 5.92 Å². The van der Waals surface area contributed by atoms with E-state index in [9.17, 15) is 60.7 Å². The fourth-order valence-corrected chi connectivity index (χ4v) is 4.86. The summed E-state index contributed by atoms with van der Waals surface area (Å²) in [6, 6.07) is 5.60. The number of hydrogen-bond donors (Lipinski definition) is 10. The van der Waals surface area contributed by atoms with E-state index in [1.54, 1.807) is 6.92 Å². The van der Waals surface area contributed by atoms with Gasteiger partial charge in [-0.3, -0.25) is 0 Å². The molecule has 0 spiro atoms. The summed E-state index contributed by atoms with van der Waals surface area (Å²) in [6.45, 7) is 0.958. The van der Waals surface area contributed by atoms with Gasteiger partial charge in [0.1, 0.15) is 61.2 Å². The molecule has 0 saturated carbocycles. The molecule has 17 heteroatoms. The van der Waals surface area contributed by atoms with Crippen LogP contribution in [0.15, 0.2) is 24.3 Å². The molecular weight excluding hydrogens is 596 g/mol. The van der Waals surface area contributed by atoms with Gasteiger partial charge in [0.05, 0.1) is 13.2 Å². The molecule has 2 saturated heterocycles. The number of carboxylic acids is 1. The quantitative estimate of drug-likeness (QED) is 0.0922. The number of ether oxygens (including phenoxy) is 5. The topological polar surface area (TPSA) is 283 Å². The molecule has 2 fully saturated rings. The molecule has 0 bridgehead atoms. The van der Waals surface area contributed by atoms with Gasteiger partial charge in [-0.1, -0.05) is 32.4 Å². The average molecular weight is 637 g/mol. The van der Waals surface area contributed by atoms with E-state index in [0.29, 0.717) is 5.56 Å². The van der Waals surface area contributed by atoms with E-state index in [4.69, 9.17) is 23.7 Å². The van der Waals surface area contributed by atoms with Crippen LogP contribution in [0.5, 0.6) is 5.75 Å². The highest BCUT2D eigenvalue weighted by Crippen LogP contribution is 2.35. The van der Waals surface area contributed by atoms with Gasteiger partial charge in [0, 0.05) is 0 Å². The molecule has 13 atom stereocenters. The first-order valence-electron chi connectivity index (χ1n) is 13.9. The zero-order valence-electron chi connectivity index (χ0n) is 23.9. The normalized spacial score (nSPS) is 35.2. The highest BCUT2D eigenvalue weighted by atomic mass is 16.7. The fourth-order valence-electron chi connectivity index (χ4n) is 4.86. The molecule has 0 aliphatic carbocycles. The summed E-state index contributed by atoms with van der Waals surface area (Å²) in [5.74, 6) is -4.21. The molecule has 0 radical (unpaired) electrons. The van der Waals surface area contributed by atoms with Crippen LogP contribution in [-0.4, -0.2) is 149 Å². The smallest absolute Gasteiger partial charge is 0.339 e. The molecule has 250 valence electrons. The van der Waals surface area contributed by atoms with Crippen LogP contribution in [0, 0.1) is 5.92 Å². The fraction of sp³-hybridized carbons (Fsp3) is 0.704. The highest BCUT2D eigenvalue weighted by Gasteiger charge is 2.58. The maximum Gasteiger partial charge on any atom is 0.339 e. The number of aliphatic carboxylic acids is 1. The van der Waals surface area contributed by atoms with Crippen LogP contribution < -0.4 is 4.74 Å². The van der Waals surface area contributed by atoms with Crippen LogP contribution in [0.3, 0.4) is 0 Å². The third-order valence-corrected chi connectivity index (χ3v) is 7.87. The van der Waals surface area contributed by atoms with Crippen molar-refractivity contribution in [2.75, 3.05) is 13.2 Å². The second kappa shape index (κ2) is 15.2. The molecular formula is C27H40O17. The molecule has 44 heavy (non-hydrogen) atoms. The van der Waals surface area contributed by atoms with Crippen molar-refractivity contribution in [2.45, 2.75) is 100.0 Å². The molecule has 1 aromatic rings. The Morgan fingerprint density at radius 2 is 1.34 bits per heavy atom. The van der Waals surface area contributed by atoms with Crippen LogP contribution in [0.25, 0.3) is 0 Å². The molecule has 2 aliphatic rings. The number of hydrogen-bond acceptors (Lipinski definition) is 16. The Morgan fingerprint density at radius 1 is 0.841 bits per heavy atom. The summed E-state index contributed by atoms with van der Waals surface area (Å²) < 4.78 is 26.7. The molecule has 13 unspecified atom stereocenters. The minimum absolute atomic E-state index is 0.0456. The van der Waals surface area contributed by atoms with Gasteiger partial charge in [0.25, 0.3) is 0 Å². The number of aliphatic hydroxyl groups is 9. The Labute approximate surface area is 251 Å². The van der Waals surface area contributed by atoms with Crippen LogP contribution in [-0.2, 0) is 35.1 Å². The SMILES string of the molecule is CCC(C)C(OC1OC(CO)C(O)C(O)C1O)(C(=O)O)C(O)C(=O)OCc1ccc(OC2OC(CO)C(O)C(O)C2O)cc1. The van der Waals surface area contributed by atoms with Crippen LogP contribution >= 0.6 is 0 Å². The van der Waals surface area contributed by atoms with Gasteiger partial charge < -0.3 is 74.7 Å². The standard InChI is InChI=1S/C27H40O17/c1-3-11(2)27(26(38)39,44-25-21(35)19(33)17(31)15(9-29)43-25)22(36)23(37)40-10-12-4-6-13(7-5-12)41-24-20(34)18(32)16(30)14(8-28)42-24/h4-7,11,14-22,24-25,28-36H,3,8-10H2,1-2H3,(H,38,39). The van der Waals surface area contributed by atoms with E-state index < -0.39 is 111 Å². The van der Waals surface area contributed by atoms with Crippen LogP contribution in [0.2, 0.25) is 0 Å². The van der Waals surface area contributed by atoms with Gasteiger partial charge in [0.2, 0.25) is 11.9 Å². The lowest BCUT2D eigenvalue weighted by molar-refractivity contribution is -0.338. The maximum atomic E-state index is 12.9. The van der Waals surface area contributed by atoms with Crippen molar-refractivity contribution in [3.05, 3.63) is 29.8 Å². The number of esters is 1. The highest BCUT2D eigenvalue weighted by molar-refractivity contribution is 5.88. The molecule has 3 rings (SSSR count). The predicted octanol–water partition coefficient (Wildman–Crippen LogP) is -4.04. The largest absolute Gasteiger partial charge is 0.479 e. The zero-order valence-corrected chi connectivity index (χ0v) is 23.9. The number of carbonyl (C=O) groups excluding carboxylic acids is 1. The monoisotopic (exact) mass is 636 g/mol. The van der Waals surface area contributed by atoms with Gasteiger partial charge in [-0.05, 0) is 23.6 Å². The predicted molar refractivity (Wildman–Crippen MR) is 141 cm³/mol. The van der Waals surface area contributed by atoms with E-state index in [2.05, 4.69) is 0 Å². The first-order chi connectivity index (χ1) is 20.7. The number of carboxylic acid groups (broad SMARTS) is 1. The third-order valence-electron chi connectivity index (χ3n) is 7.87. The van der Waals surface area contributed by atoms with Crippen LogP contribution in [0.4, 0.5) is 0 Å². The number of benzene rings is 1. The van der Waals surface area contributed by atoms with E-state index in [0.717, 1.165) is 0 Å². The second-order valence-electron chi connectivity index (χ2n) is 10.7. The third kappa shape index (κ3) is 7.30. The Bertz CT molecular complexity index is 1080. The Balaban J connectivity index is 1.71. The van der Waals surface area contributed by atoms with Crippen molar-refractivity contribution in [3.8, 4) is 5.75 Å². The number of carbonyl (C=O) groups is 2. The molecule has 0 amide bonds. The van der Waals surface area contributed by atoms with Gasteiger partial charge in [0.15, 0.2) is 12.4 Å². The van der Waals surface area contributed by atoms with Crippen molar-refractivity contribution in [1.29, 1.82) is 0 Å². The van der Waals surface area contributed by atoms with Crippen molar-refractivity contribution in [1.82, 2.24) is 0 Å². The zero-order chi connectivity index (χ0) is 32.9. The summed E-state index contributed by atoms with van der Waals surface area (Å²) in [5.41, 5.74) is -2.42. The van der Waals surface area contributed by atoms with E-state index in [1.165, 1.54) is 31.2 Å². The summed E-state index contributed by atoms with van der Waals surface area (Å²) in [7, 11) is 0. The van der Waals surface area contributed by atoms with Crippen molar-refractivity contribution < 1.29 is 84.3 Å². The lowest BCUT2D eigenvalue weighted by Crippen LogP contribution is -2.66. The van der Waals surface area contributed by atoms with Gasteiger partial charge in [-0.2, -0.15) is 0 Å². The van der Waals surface area contributed by atoms with Gasteiger partial charge in [-0.15, -0.1) is 0 Å². The second-order valence-corrected chi connectivity index (χ2v) is 10.7. The first kappa shape index (κ1) is 36.0. The summed E-state index contributed by atoms with van der Waals surface area (Å²) in [4.78, 5) is 25.5. The minimum atomic E-state index is -2.76. The summed E-state index contributed by atoms with van der Waals surface area (Å²) in [5, 5.41) is 100. The van der Waals surface area contributed by atoms with Crippen molar-refractivity contribution in [3.63, 3.8) is 0 Å². The summed E-state index contributed by atoms with van der Waals surface area (Å²) in [6.07, 6.45) is -19.0.